The van der Waals surface area contributed by atoms with E-state index in [1.807, 2.05) is 0 Å². The van der Waals surface area contributed by atoms with Gasteiger partial charge in [-0.3, -0.25) is 0 Å². The van der Waals surface area contributed by atoms with Gasteiger partial charge in [-0.15, -0.1) is 12.4 Å². The molecule has 0 bridgehead atoms. The predicted molar refractivity (Wildman–Crippen MR) is 52.7 cm³/mol. The second-order valence-electron chi connectivity index (χ2n) is 2.93. The van der Waals surface area contributed by atoms with Gasteiger partial charge < -0.3 is 5.73 Å². The molecule has 1 aliphatic heterocycles. The molecule has 1 unspecified atom stereocenters. The lowest BCUT2D eigenvalue weighted by molar-refractivity contribution is 0.598. The van der Waals surface area contributed by atoms with Crippen molar-refractivity contribution < 1.29 is 8.42 Å². The van der Waals surface area contributed by atoms with Crippen LogP contribution in [0.3, 0.4) is 0 Å². The fourth-order valence-corrected chi connectivity index (χ4v) is 3.18. The van der Waals surface area contributed by atoms with Crippen LogP contribution in [0.1, 0.15) is 11.6 Å². The van der Waals surface area contributed by atoms with Crippen molar-refractivity contribution in [3.63, 3.8) is 0 Å². The maximum atomic E-state index is 11.4. The first-order valence-electron chi connectivity index (χ1n) is 3.68. The molecule has 72 valence electrons. The van der Waals surface area contributed by atoms with Crippen LogP contribution in [0.5, 0.6) is 0 Å². The molecule has 5 heteroatoms. The summed E-state index contributed by atoms with van der Waals surface area (Å²) < 4.78 is 22.8. The molecular formula is C8H10ClNO2S. The van der Waals surface area contributed by atoms with E-state index in [1.54, 1.807) is 24.3 Å². The van der Waals surface area contributed by atoms with Crippen molar-refractivity contribution in [2.24, 2.45) is 5.73 Å². The number of benzene rings is 1. The summed E-state index contributed by atoms with van der Waals surface area (Å²) >= 11 is 0. The quantitative estimate of drug-likeness (QED) is 0.705. The van der Waals surface area contributed by atoms with Crippen molar-refractivity contribution in [3.8, 4) is 0 Å². The maximum absolute atomic E-state index is 11.4. The van der Waals surface area contributed by atoms with Gasteiger partial charge in [0.2, 0.25) is 0 Å². The van der Waals surface area contributed by atoms with Crippen LogP contribution in [0.4, 0.5) is 0 Å². The van der Waals surface area contributed by atoms with Gasteiger partial charge in [-0.2, -0.15) is 0 Å². The molecule has 0 radical (unpaired) electrons. The Morgan fingerprint density at radius 1 is 1.31 bits per heavy atom. The third-order valence-electron chi connectivity index (χ3n) is 2.05. The molecule has 1 atom stereocenters. The van der Waals surface area contributed by atoms with Crippen LogP contribution in [0.15, 0.2) is 29.2 Å². The zero-order valence-corrected chi connectivity index (χ0v) is 8.44. The summed E-state index contributed by atoms with van der Waals surface area (Å²) in [7, 11) is -3.08. The van der Waals surface area contributed by atoms with Crippen molar-refractivity contribution in [2.45, 2.75) is 10.9 Å². The number of hydrogen-bond acceptors (Lipinski definition) is 3. The summed E-state index contributed by atoms with van der Waals surface area (Å²) in [6.45, 7) is 0. The van der Waals surface area contributed by atoms with Crippen molar-refractivity contribution in [3.05, 3.63) is 29.8 Å². The molecule has 0 amide bonds. The summed E-state index contributed by atoms with van der Waals surface area (Å²) in [5.74, 6) is 0.0480. The van der Waals surface area contributed by atoms with Crippen LogP contribution in [-0.4, -0.2) is 14.2 Å². The summed E-state index contributed by atoms with van der Waals surface area (Å²) in [6, 6.07) is 6.56. The average molecular weight is 220 g/mol. The number of sulfone groups is 1. The predicted octanol–water partition coefficient (Wildman–Crippen LogP) is 0.896. The van der Waals surface area contributed by atoms with Gasteiger partial charge in [-0.25, -0.2) is 8.42 Å². The first-order valence-corrected chi connectivity index (χ1v) is 5.34. The van der Waals surface area contributed by atoms with Crippen LogP contribution in [0.25, 0.3) is 0 Å². The van der Waals surface area contributed by atoms with Gasteiger partial charge in [0.1, 0.15) is 0 Å². The Bertz CT molecular complexity index is 416. The minimum absolute atomic E-state index is 0. The summed E-state index contributed by atoms with van der Waals surface area (Å²) in [5, 5.41) is 0. The highest BCUT2D eigenvalue weighted by Crippen LogP contribution is 2.30. The minimum Gasteiger partial charge on any atom is -0.323 e. The van der Waals surface area contributed by atoms with Gasteiger partial charge in [0.25, 0.3) is 0 Å². The number of hydrogen-bond donors (Lipinski definition) is 1. The van der Waals surface area contributed by atoms with E-state index in [2.05, 4.69) is 0 Å². The second kappa shape index (κ2) is 3.29. The van der Waals surface area contributed by atoms with E-state index in [1.165, 1.54) is 0 Å². The van der Waals surface area contributed by atoms with Crippen molar-refractivity contribution in [2.75, 3.05) is 5.75 Å². The molecule has 1 aliphatic rings. The molecule has 0 aromatic heterocycles. The van der Waals surface area contributed by atoms with Crippen LogP contribution >= 0.6 is 12.4 Å². The van der Waals surface area contributed by atoms with Gasteiger partial charge in [0.15, 0.2) is 9.84 Å². The highest BCUT2D eigenvalue weighted by molar-refractivity contribution is 7.91. The van der Waals surface area contributed by atoms with Crippen molar-refractivity contribution in [1.82, 2.24) is 0 Å². The topological polar surface area (TPSA) is 60.2 Å². The third kappa shape index (κ3) is 1.57. The van der Waals surface area contributed by atoms with Crippen LogP contribution in [0.2, 0.25) is 0 Å². The highest BCUT2D eigenvalue weighted by atomic mass is 35.5. The molecule has 0 spiro atoms. The van der Waals surface area contributed by atoms with Crippen molar-refractivity contribution >= 4 is 22.2 Å². The Morgan fingerprint density at radius 3 is 2.54 bits per heavy atom. The zero-order chi connectivity index (χ0) is 8.77. The molecule has 1 aromatic carbocycles. The Morgan fingerprint density at radius 2 is 1.92 bits per heavy atom. The molecule has 1 heterocycles. The fourth-order valence-electron chi connectivity index (χ4n) is 1.49. The molecule has 2 N–H and O–H groups in total. The van der Waals surface area contributed by atoms with Gasteiger partial charge in [-0.05, 0) is 11.6 Å². The molecule has 0 saturated heterocycles. The molecule has 13 heavy (non-hydrogen) atoms. The molecule has 1 aromatic rings. The molecule has 0 aliphatic carbocycles. The normalized spacial score (nSPS) is 23.3. The molecular weight excluding hydrogens is 210 g/mol. The molecule has 3 nitrogen and oxygen atoms in total. The van der Waals surface area contributed by atoms with E-state index in [9.17, 15) is 8.42 Å². The highest BCUT2D eigenvalue weighted by Gasteiger charge is 2.31. The lowest BCUT2D eigenvalue weighted by Gasteiger charge is -1.99. The van der Waals surface area contributed by atoms with Crippen molar-refractivity contribution in [1.29, 1.82) is 0 Å². The van der Waals surface area contributed by atoms with Gasteiger partial charge >= 0.3 is 0 Å². The first kappa shape index (κ1) is 10.5. The smallest absolute Gasteiger partial charge is 0.180 e. The zero-order valence-electron chi connectivity index (χ0n) is 6.80. The van der Waals surface area contributed by atoms with Crippen LogP contribution in [-0.2, 0) is 9.84 Å². The average Bonchev–Trinajstić information content (AvgIpc) is 2.25. The summed E-state index contributed by atoms with van der Waals surface area (Å²) in [4.78, 5) is 0.400. The maximum Gasteiger partial charge on any atom is 0.180 e. The Kier molecular flexibility index (Phi) is 2.66. The van der Waals surface area contributed by atoms with E-state index >= 15 is 0 Å². The van der Waals surface area contributed by atoms with Gasteiger partial charge in [0.05, 0.1) is 10.6 Å². The summed E-state index contributed by atoms with van der Waals surface area (Å²) in [6.07, 6.45) is 0. The minimum atomic E-state index is -3.08. The Hall–Kier alpha value is -0.580. The third-order valence-corrected chi connectivity index (χ3v) is 3.89. The molecule has 0 fully saturated rings. The monoisotopic (exact) mass is 219 g/mol. The SMILES string of the molecule is Cl.NC1CS(=O)(=O)c2ccccc21. The van der Waals surface area contributed by atoms with E-state index in [0.717, 1.165) is 5.56 Å². The lowest BCUT2D eigenvalue weighted by atomic mass is 10.1. The standard InChI is InChI=1S/C8H9NO2S.ClH/c9-7-5-12(10,11)8-4-2-1-3-6(7)8;/h1-4,7H,5,9H2;1H. The van der Waals surface area contributed by atoms with Gasteiger partial charge in [0, 0.05) is 6.04 Å². The summed E-state index contributed by atoms with van der Waals surface area (Å²) in [5.41, 5.74) is 6.39. The van der Waals surface area contributed by atoms with Gasteiger partial charge in [-0.1, -0.05) is 18.2 Å². The number of fused-ring (bicyclic) bond motifs is 1. The number of halogens is 1. The number of rotatable bonds is 0. The molecule has 0 saturated carbocycles. The van der Waals surface area contributed by atoms with E-state index in [0.29, 0.717) is 4.90 Å². The largest absolute Gasteiger partial charge is 0.323 e. The number of nitrogens with two attached hydrogens (primary N) is 1. The van der Waals surface area contributed by atoms with E-state index in [4.69, 9.17) is 5.73 Å². The Labute approximate surface area is 83.3 Å². The Balaban J connectivity index is 0.000000845. The van der Waals surface area contributed by atoms with E-state index < -0.39 is 9.84 Å². The lowest BCUT2D eigenvalue weighted by Crippen LogP contribution is -2.11. The van der Waals surface area contributed by atoms with E-state index in [-0.39, 0.29) is 24.2 Å². The molecule has 2 rings (SSSR count). The second-order valence-corrected chi connectivity index (χ2v) is 4.93. The van der Waals surface area contributed by atoms with Crippen LogP contribution in [0, 0.1) is 0 Å². The first-order chi connectivity index (χ1) is 5.61. The fraction of sp³-hybridized carbons (Fsp3) is 0.250. The van der Waals surface area contributed by atoms with Crippen LogP contribution < -0.4 is 5.73 Å².